The van der Waals surface area contributed by atoms with Crippen LogP contribution in [0.2, 0.25) is 0 Å². The lowest BCUT2D eigenvalue weighted by Gasteiger charge is -2.27. The standard InChI is InChI=1S/C34H35NO7/c1-4-6-10-18-41-25-17-16-23(19-27(25)40-5-2)30-29(32(37)34(38)35(30)21-22-12-8-7-9-13-22)31(36)28-20-24-14-11-15-26(39-3)33(24)42-28/h7-9,11-17,19-20,30,37H,4-6,10,18,21H2,1-3H3. The fourth-order valence-electron chi connectivity index (χ4n) is 5.23. The monoisotopic (exact) mass is 569 g/mol. The van der Waals surface area contributed by atoms with Crippen molar-refractivity contribution in [2.45, 2.75) is 45.7 Å². The van der Waals surface area contributed by atoms with Gasteiger partial charge in [0.1, 0.15) is 0 Å². The molecular weight excluding hydrogens is 534 g/mol. The molecule has 0 saturated heterocycles. The Morgan fingerprint density at radius 1 is 0.929 bits per heavy atom. The molecular formula is C34H35NO7. The first-order chi connectivity index (χ1) is 20.5. The van der Waals surface area contributed by atoms with Crippen LogP contribution in [-0.2, 0) is 11.3 Å². The molecule has 0 fully saturated rings. The van der Waals surface area contributed by atoms with Crippen molar-refractivity contribution in [3.05, 3.63) is 101 Å². The summed E-state index contributed by atoms with van der Waals surface area (Å²) in [4.78, 5) is 29.1. The molecule has 1 N–H and O–H groups in total. The van der Waals surface area contributed by atoms with Gasteiger partial charge in [-0.3, -0.25) is 9.59 Å². The van der Waals surface area contributed by atoms with Gasteiger partial charge in [-0.2, -0.15) is 0 Å². The van der Waals surface area contributed by atoms with Gasteiger partial charge in [-0.25, -0.2) is 0 Å². The smallest absolute Gasteiger partial charge is 0.290 e. The van der Waals surface area contributed by atoms with Crippen LogP contribution in [0.5, 0.6) is 17.2 Å². The molecule has 1 aliphatic rings. The Morgan fingerprint density at radius 2 is 1.74 bits per heavy atom. The number of amides is 1. The minimum absolute atomic E-state index is 0.00341. The Balaban J connectivity index is 1.57. The molecule has 218 valence electrons. The molecule has 1 amide bonds. The van der Waals surface area contributed by atoms with Gasteiger partial charge in [-0.1, -0.05) is 68.3 Å². The van der Waals surface area contributed by atoms with Gasteiger partial charge in [0.2, 0.25) is 5.78 Å². The molecule has 1 unspecified atom stereocenters. The van der Waals surface area contributed by atoms with Crippen LogP contribution in [0.25, 0.3) is 11.0 Å². The number of nitrogens with zero attached hydrogens (tertiary/aromatic N) is 1. The first kappa shape index (κ1) is 28.8. The number of hydrogen-bond donors (Lipinski definition) is 1. The van der Waals surface area contributed by atoms with Gasteiger partial charge >= 0.3 is 0 Å². The Hall–Kier alpha value is -4.72. The van der Waals surface area contributed by atoms with Crippen molar-refractivity contribution in [2.24, 2.45) is 0 Å². The molecule has 0 bridgehead atoms. The normalized spacial score (nSPS) is 15.0. The van der Waals surface area contributed by atoms with E-state index in [1.807, 2.05) is 37.3 Å². The predicted octanol–water partition coefficient (Wildman–Crippen LogP) is 7.19. The summed E-state index contributed by atoms with van der Waals surface area (Å²) in [5, 5.41) is 11.9. The first-order valence-corrected chi connectivity index (χ1v) is 14.3. The van der Waals surface area contributed by atoms with Gasteiger partial charge in [-0.15, -0.1) is 0 Å². The second-order valence-electron chi connectivity index (χ2n) is 10.1. The third-order valence-electron chi connectivity index (χ3n) is 7.28. The summed E-state index contributed by atoms with van der Waals surface area (Å²) < 4.78 is 23.3. The third kappa shape index (κ3) is 5.70. The van der Waals surface area contributed by atoms with Crippen LogP contribution in [0.1, 0.15) is 60.8 Å². The summed E-state index contributed by atoms with van der Waals surface area (Å²) in [7, 11) is 1.52. The van der Waals surface area contributed by atoms with Crippen LogP contribution in [0, 0.1) is 0 Å². The van der Waals surface area contributed by atoms with Crippen LogP contribution in [-0.4, -0.2) is 42.0 Å². The maximum absolute atomic E-state index is 14.0. The fraction of sp³-hybridized carbons (Fsp3) is 0.294. The zero-order chi connectivity index (χ0) is 29.6. The number of ketones is 1. The van der Waals surface area contributed by atoms with Gasteiger partial charge < -0.3 is 28.6 Å². The molecule has 1 aromatic heterocycles. The lowest BCUT2D eigenvalue weighted by molar-refractivity contribution is -0.130. The number of rotatable bonds is 13. The molecule has 0 saturated carbocycles. The summed E-state index contributed by atoms with van der Waals surface area (Å²) in [6, 6.07) is 20.9. The molecule has 0 spiro atoms. The van der Waals surface area contributed by atoms with E-state index in [1.165, 1.54) is 12.0 Å². The fourth-order valence-corrected chi connectivity index (χ4v) is 5.23. The molecule has 3 aromatic carbocycles. The predicted molar refractivity (Wildman–Crippen MR) is 159 cm³/mol. The van der Waals surface area contributed by atoms with E-state index in [0.717, 1.165) is 24.8 Å². The Kier molecular flexibility index (Phi) is 8.81. The van der Waals surface area contributed by atoms with Crippen LogP contribution in [0.4, 0.5) is 0 Å². The van der Waals surface area contributed by atoms with E-state index in [0.29, 0.717) is 47.0 Å². The number of unbranched alkanes of at least 4 members (excludes halogenated alkanes) is 2. The lowest BCUT2D eigenvalue weighted by Crippen LogP contribution is -2.30. The van der Waals surface area contributed by atoms with Gasteiger partial charge in [0.25, 0.3) is 5.91 Å². The number of fused-ring (bicyclic) bond motifs is 1. The van der Waals surface area contributed by atoms with E-state index in [-0.39, 0.29) is 17.9 Å². The number of ether oxygens (including phenoxy) is 3. The summed E-state index contributed by atoms with van der Waals surface area (Å²) >= 11 is 0. The van der Waals surface area contributed by atoms with E-state index in [1.54, 1.807) is 42.5 Å². The van der Waals surface area contributed by atoms with E-state index in [2.05, 4.69) is 6.92 Å². The summed E-state index contributed by atoms with van der Waals surface area (Å²) in [5.41, 5.74) is 1.80. The Labute approximate surface area is 245 Å². The second kappa shape index (κ2) is 12.9. The van der Waals surface area contributed by atoms with Crippen molar-refractivity contribution in [2.75, 3.05) is 20.3 Å². The maximum Gasteiger partial charge on any atom is 0.290 e. The largest absolute Gasteiger partial charge is 0.503 e. The van der Waals surface area contributed by atoms with Crippen LogP contribution >= 0.6 is 0 Å². The van der Waals surface area contributed by atoms with Crippen LogP contribution in [0.15, 0.2) is 88.5 Å². The SMILES string of the molecule is CCCCCOc1ccc(C2C(C(=O)c3cc4cccc(OC)c4o3)=C(O)C(=O)N2Cc2ccccc2)cc1OCC. The van der Waals surface area contributed by atoms with Gasteiger partial charge in [0.15, 0.2) is 34.4 Å². The van der Waals surface area contributed by atoms with Crippen molar-refractivity contribution < 1.29 is 33.3 Å². The highest BCUT2D eigenvalue weighted by atomic mass is 16.5. The summed E-state index contributed by atoms with van der Waals surface area (Å²) in [6.45, 7) is 5.15. The molecule has 5 rings (SSSR count). The van der Waals surface area contributed by atoms with E-state index in [9.17, 15) is 14.7 Å². The number of hydrogen-bond acceptors (Lipinski definition) is 7. The third-order valence-corrected chi connectivity index (χ3v) is 7.28. The number of Topliss-reactive ketones (excluding diaryl/α,β-unsaturated/α-hetero) is 1. The molecule has 8 heteroatoms. The zero-order valence-corrected chi connectivity index (χ0v) is 24.1. The van der Waals surface area contributed by atoms with Crippen molar-refractivity contribution >= 4 is 22.7 Å². The van der Waals surface area contributed by atoms with Crippen LogP contribution < -0.4 is 14.2 Å². The van der Waals surface area contributed by atoms with E-state index >= 15 is 0 Å². The zero-order valence-electron chi connectivity index (χ0n) is 24.1. The number of benzene rings is 3. The number of aliphatic hydroxyl groups is 1. The van der Waals surface area contributed by atoms with E-state index in [4.69, 9.17) is 18.6 Å². The molecule has 1 atom stereocenters. The Bertz CT molecular complexity index is 1600. The Morgan fingerprint density at radius 3 is 2.48 bits per heavy atom. The second-order valence-corrected chi connectivity index (χ2v) is 10.1. The van der Waals surface area contributed by atoms with Gasteiger partial charge in [0, 0.05) is 11.9 Å². The number of carbonyl (C=O) groups excluding carboxylic acids is 2. The van der Waals surface area contributed by atoms with E-state index < -0.39 is 23.5 Å². The molecule has 1 aliphatic heterocycles. The van der Waals surface area contributed by atoms with Crippen molar-refractivity contribution in [1.82, 2.24) is 4.90 Å². The van der Waals surface area contributed by atoms with Crippen molar-refractivity contribution in [1.29, 1.82) is 0 Å². The van der Waals surface area contributed by atoms with Crippen molar-refractivity contribution in [3.63, 3.8) is 0 Å². The molecule has 4 aromatic rings. The number of aliphatic hydroxyl groups excluding tert-OH is 1. The first-order valence-electron chi connectivity index (χ1n) is 14.3. The average molecular weight is 570 g/mol. The van der Waals surface area contributed by atoms with Crippen molar-refractivity contribution in [3.8, 4) is 17.2 Å². The minimum Gasteiger partial charge on any atom is -0.503 e. The molecule has 2 heterocycles. The molecule has 42 heavy (non-hydrogen) atoms. The number of methoxy groups -OCH3 is 1. The average Bonchev–Trinajstić information content (AvgIpc) is 3.55. The topological polar surface area (TPSA) is 98.4 Å². The summed E-state index contributed by atoms with van der Waals surface area (Å²) in [5.74, 6) is -0.268. The van der Waals surface area contributed by atoms with Gasteiger partial charge in [-0.05, 0) is 48.7 Å². The maximum atomic E-state index is 14.0. The summed E-state index contributed by atoms with van der Waals surface area (Å²) in [6.07, 6.45) is 3.06. The lowest BCUT2D eigenvalue weighted by atomic mass is 9.94. The number of carbonyl (C=O) groups is 2. The highest BCUT2D eigenvalue weighted by Gasteiger charge is 2.45. The highest BCUT2D eigenvalue weighted by Crippen LogP contribution is 2.43. The minimum atomic E-state index is -0.895. The van der Waals surface area contributed by atoms with Gasteiger partial charge in [0.05, 0.1) is 31.9 Å². The molecule has 8 nitrogen and oxygen atoms in total. The molecule has 0 aliphatic carbocycles. The number of para-hydroxylation sites is 1. The quantitative estimate of drug-likeness (QED) is 0.134. The molecule has 0 radical (unpaired) electrons. The highest BCUT2D eigenvalue weighted by molar-refractivity contribution is 6.16. The number of furan rings is 1. The van der Waals surface area contributed by atoms with Crippen LogP contribution in [0.3, 0.4) is 0 Å².